The van der Waals surface area contributed by atoms with Crippen molar-refractivity contribution in [2.45, 2.75) is 6.10 Å². The second kappa shape index (κ2) is 4.82. The average Bonchev–Trinajstić information content (AvgIpc) is 2.48. The highest BCUT2D eigenvalue weighted by Crippen LogP contribution is 2.28. The van der Waals surface area contributed by atoms with Gasteiger partial charge >= 0.3 is 0 Å². The number of hydrogen-bond acceptors (Lipinski definition) is 1. The van der Waals surface area contributed by atoms with Crippen LogP contribution in [0.3, 0.4) is 0 Å². The van der Waals surface area contributed by atoms with Crippen LogP contribution in [0.5, 0.6) is 0 Å². The third-order valence-electron chi connectivity index (χ3n) is 3.30. The smallest absolute Gasteiger partial charge is 0.137 e. The third-order valence-corrected chi connectivity index (χ3v) is 3.30. The summed E-state index contributed by atoms with van der Waals surface area (Å²) in [6.07, 6.45) is -0.939. The first-order valence-corrected chi connectivity index (χ1v) is 6.17. The van der Waals surface area contributed by atoms with E-state index in [4.69, 9.17) is 0 Å². The zero-order valence-corrected chi connectivity index (χ0v) is 10.3. The summed E-state index contributed by atoms with van der Waals surface area (Å²) >= 11 is 0. The van der Waals surface area contributed by atoms with Crippen molar-refractivity contribution in [3.8, 4) is 0 Å². The van der Waals surface area contributed by atoms with Crippen molar-refractivity contribution in [1.29, 1.82) is 0 Å². The number of halogens is 1. The Labute approximate surface area is 110 Å². The molecule has 0 spiro atoms. The van der Waals surface area contributed by atoms with Crippen LogP contribution < -0.4 is 0 Å². The molecule has 2 heteroatoms. The van der Waals surface area contributed by atoms with Crippen LogP contribution in [0.4, 0.5) is 4.39 Å². The number of fused-ring (bicyclic) bond motifs is 1. The first-order chi connectivity index (χ1) is 9.27. The van der Waals surface area contributed by atoms with Crippen LogP contribution >= 0.6 is 0 Å². The Kier molecular flexibility index (Phi) is 3.02. The quantitative estimate of drug-likeness (QED) is 0.729. The van der Waals surface area contributed by atoms with E-state index < -0.39 is 6.10 Å². The van der Waals surface area contributed by atoms with Gasteiger partial charge in [-0.1, -0.05) is 66.7 Å². The van der Waals surface area contributed by atoms with Gasteiger partial charge in [0.2, 0.25) is 0 Å². The Balaban J connectivity index is 2.13. The number of aliphatic hydroxyl groups excluding tert-OH is 1. The van der Waals surface area contributed by atoms with Crippen LogP contribution in [0.15, 0.2) is 66.7 Å². The Morgan fingerprint density at radius 3 is 2.26 bits per heavy atom. The zero-order valence-electron chi connectivity index (χ0n) is 10.3. The van der Waals surface area contributed by atoms with E-state index in [1.807, 2.05) is 36.4 Å². The molecular weight excluding hydrogens is 239 g/mol. The van der Waals surface area contributed by atoms with E-state index in [0.717, 1.165) is 5.39 Å². The SMILES string of the molecule is OC(c1ccccc1)c1ccc2ccccc2c1F. The molecular formula is C17H13FO. The lowest BCUT2D eigenvalue weighted by Gasteiger charge is -2.13. The van der Waals surface area contributed by atoms with E-state index in [1.165, 1.54) is 0 Å². The summed E-state index contributed by atoms with van der Waals surface area (Å²) in [6.45, 7) is 0. The number of rotatable bonds is 2. The van der Waals surface area contributed by atoms with Crippen LogP contribution in [0.1, 0.15) is 17.2 Å². The van der Waals surface area contributed by atoms with Crippen molar-refractivity contribution >= 4 is 10.8 Å². The summed E-state index contributed by atoms with van der Waals surface area (Å²) in [5.41, 5.74) is 1.00. The molecule has 0 saturated carbocycles. The fourth-order valence-corrected chi connectivity index (χ4v) is 2.28. The Morgan fingerprint density at radius 2 is 1.47 bits per heavy atom. The lowest BCUT2D eigenvalue weighted by Crippen LogP contribution is -2.02. The zero-order chi connectivity index (χ0) is 13.2. The molecule has 3 aromatic rings. The molecule has 19 heavy (non-hydrogen) atoms. The molecule has 1 N–H and O–H groups in total. The molecule has 0 aliphatic rings. The fourth-order valence-electron chi connectivity index (χ4n) is 2.28. The molecule has 0 aliphatic heterocycles. The maximum atomic E-state index is 14.4. The minimum atomic E-state index is -0.939. The van der Waals surface area contributed by atoms with E-state index >= 15 is 0 Å². The van der Waals surface area contributed by atoms with Gasteiger partial charge in [-0.3, -0.25) is 0 Å². The van der Waals surface area contributed by atoms with E-state index in [1.54, 1.807) is 30.3 Å². The molecule has 94 valence electrons. The van der Waals surface area contributed by atoms with E-state index in [9.17, 15) is 9.50 Å². The summed E-state index contributed by atoms with van der Waals surface area (Å²) in [5.74, 6) is -0.352. The largest absolute Gasteiger partial charge is 0.384 e. The minimum Gasteiger partial charge on any atom is -0.384 e. The molecule has 1 nitrogen and oxygen atoms in total. The summed E-state index contributed by atoms with van der Waals surface area (Å²) in [5, 5.41) is 11.7. The Bertz CT molecular complexity index is 707. The van der Waals surface area contributed by atoms with Gasteiger partial charge in [0.1, 0.15) is 11.9 Å². The van der Waals surface area contributed by atoms with Crippen LogP contribution in [-0.2, 0) is 0 Å². The van der Waals surface area contributed by atoms with Gasteiger partial charge in [0.15, 0.2) is 0 Å². The predicted octanol–water partition coefficient (Wildman–Crippen LogP) is 4.06. The monoisotopic (exact) mass is 252 g/mol. The van der Waals surface area contributed by atoms with Crippen molar-refractivity contribution in [2.75, 3.05) is 0 Å². The Hall–Kier alpha value is -2.19. The van der Waals surface area contributed by atoms with Gasteiger partial charge in [-0.15, -0.1) is 0 Å². The second-order valence-corrected chi connectivity index (χ2v) is 4.50. The first-order valence-electron chi connectivity index (χ1n) is 6.17. The summed E-state index contributed by atoms with van der Waals surface area (Å²) in [6, 6.07) is 19.8. The van der Waals surface area contributed by atoms with Crippen LogP contribution in [0, 0.1) is 5.82 Å². The second-order valence-electron chi connectivity index (χ2n) is 4.50. The summed E-state index contributed by atoms with van der Waals surface area (Å²) in [7, 11) is 0. The van der Waals surface area contributed by atoms with Crippen LogP contribution in [-0.4, -0.2) is 5.11 Å². The fraction of sp³-hybridized carbons (Fsp3) is 0.0588. The van der Waals surface area contributed by atoms with Gasteiger partial charge in [-0.25, -0.2) is 4.39 Å². The van der Waals surface area contributed by atoms with E-state index in [2.05, 4.69) is 0 Å². The van der Waals surface area contributed by atoms with Crippen molar-refractivity contribution in [2.24, 2.45) is 0 Å². The lowest BCUT2D eigenvalue weighted by molar-refractivity contribution is 0.215. The van der Waals surface area contributed by atoms with Crippen molar-refractivity contribution in [1.82, 2.24) is 0 Å². The molecule has 0 fully saturated rings. The van der Waals surface area contributed by atoms with E-state index in [-0.39, 0.29) is 5.82 Å². The highest BCUT2D eigenvalue weighted by atomic mass is 19.1. The normalized spacial score (nSPS) is 12.5. The third kappa shape index (κ3) is 2.11. The summed E-state index contributed by atoms with van der Waals surface area (Å²) < 4.78 is 14.4. The molecule has 0 amide bonds. The molecule has 3 rings (SSSR count). The minimum absolute atomic E-state index is 0.310. The maximum absolute atomic E-state index is 14.4. The molecule has 0 saturated heterocycles. The van der Waals surface area contributed by atoms with Crippen LogP contribution in [0.2, 0.25) is 0 Å². The number of benzene rings is 3. The topological polar surface area (TPSA) is 20.2 Å². The average molecular weight is 252 g/mol. The number of hydrogen-bond donors (Lipinski definition) is 1. The van der Waals surface area contributed by atoms with Gasteiger partial charge in [0.05, 0.1) is 0 Å². The van der Waals surface area contributed by atoms with Gasteiger partial charge in [0, 0.05) is 10.9 Å². The van der Waals surface area contributed by atoms with Gasteiger partial charge in [-0.2, -0.15) is 0 Å². The first kappa shape index (κ1) is 11.9. The van der Waals surface area contributed by atoms with Crippen molar-refractivity contribution < 1.29 is 9.50 Å². The molecule has 0 heterocycles. The predicted molar refractivity (Wildman–Crippen MR) is 74.4 cm³/mol. The molecule has 0 bridgehead atoms. The highest BCUT2D eigenvalue weighted by molar-refractivity contribution is 5.84. The molecule has 0 aromatic heterocycles. The molecule has 1 atom stereocenters. The van der Waals surface area contributed by atoms with Gasteiger partial charge < -0.3 is 5.11 Å². The molecule has 0 aliphatic carbocycles. The standard InChI is InChI=1S/C17H13FO/c18-16-14-9-5-4-6-12(14)10-11-15(16)17(19)13-7-2-1-3-8-13/h1-11,17,19H. The molecule has 1 unspecified atom stereocenters. The Morgan fingerprint density at radius 1 is 0.789 bits per heavy atom. The van der Waals surface area contributed by atoms with Crippen LogP contribution in [0.25, 0.3) is 10.8 Å². The number of aliphatic hydroxyl groups is 1. The van der Waals surface area contributed by atoms with E-state index in [0.29, 0.717) is 16.5 Å². The summed E-state index contributed by atoms with van der Waals surface area (Å²) in [4.78, 5) is 0. The highest BCUT2D eigenvalue weighted by Gasteiger charge is 2.16. The van der Waals surface area contributed by atoms with Gasteiger partial charge in [-0.05, 0) is 10.9 Å². The molecule has 3 aromatic carbocycles. The lowest BCUT2D eigenvalue weighted by atomic mass is 9.98. The van der Waals surface area contributed by atoms with Crippen molar-refractivity contribution in [3.05, 3.63) is 83.7 Å². The van der Waals surface area contributed by atoms with Crippen molar-refractivity contribution in [3.63, 3.8) is 0 Å². The van der Waals surface area contributed by atoms with Gasteiger partial charge in [0.25, 0.3) is 0 Å². The maximum Gasteiger partial charge on any atom is 0.137 e. The molecule has 0 radical (unpaired) electrons.